The summed E-state index contributed by atoms with van der Waals surface area (Å²) < 4.78 is 0. The van der Waals surface area contributed by atoms with Gasteiger partial charge in [-0.25, -0.2) is 9.78 Å². The van der Waals surface area contributed by atoms with Crippen LogP contribution in [0.25, 0.3) is 0 Å². The standard InChI is InChI=1S/C22H24N6O3/c1-26-7-8-27(22(26)31)17-4-2-3-16(10-17)25-21(30)15-9-18-20(23-11-15)24-12-19(29)28(18)13-14-5-6-14/h2-4,9-11,14H,5-8,12-13H2,1H3,(H,23,24)(H,25,30). The molecule has 9 heteroatoms. The maximum Gasteiger partial charge on any atom is 0.324 e. The Morgan fingerprint density at radius 3 is 2.81 bits per heavy atom. The van der Waals surface area contributed by atoms with Gasteiger partial charge in [0.15, 0.2) is 0 Å². The van der Waals surface area contributed by atoms with Crippen molar-refractivity contribution in [3.63, 3.8) is 0 Å². The van der Waals surface area contributed by atoms with Crippen molar-refractivity contribution in [2.45, 2.75) is 12.8 Å². The minimum Gasteiger partial charge on any atom is -0.359 e. The third-order valence-corrected chi connectivity index (χ3v) is 5.90. The zero-order valence-corrected chi connectivity index (χ0v) is 17.3. The van der Waals surface area contributed by atoms with Crippen LogP contribution in [0.3, 0.4) is 0 Å². The van der Waals surface area contributed by atoms with E-state index >= 15 is 0 Å². The molecule has 2 aliphatic heterocycles. The van der Waals surface area contributed by atoms with Crippen molar-refractivity contribution in [1.29, 1.82) is 0 Å². The van der Waals surface area contributed by atoms with Gasteiger partial charge in [0.25, 0.3) is 5.91 Å². The topological polar surface area (TPSA) is 97.9 Å². The number of carbonyl (C=O) groups is 3. The summed E-state index contributed by atoms with van der Waals surface area (Å²) in [6.45, 7) is 2.16. The van der Waals surface area contributed by atoms with Crippen LogP contribution in [0.4, 0.5) is 27.7 Å². The van der Waals surface area contributed by atoms with Gasteiger partial charge in [0.05, 0.1) is 17.8 Å². The molecule has 0 radical (unpaired) electrons. The van der Waals surface area contributed by atoms with Crippen molar-refractivity contribution in [3.05, 3.63) is 42.1 Å². The molecule has 0 spiro atoms. The van der Waals surface area contributed by atoms with Crippen LogP contribution < -0.4 is 20.4 Å². The number of fused-ring (bicyclic) bond motifs is 1. The first-order chi connectivity index (χ1) is 15.0. The molecule has 5 rings (SSSR count). The molecule has 4 amide bonds. The number of likely N-dealkylation sites (N-methyl/N-ethyl adjacent to an activating group) is 1. The number of anilines is 4. The van der Waals surface area contributed by atoms with Crippen LogP contribution in [0.1, 0.15) is 23.2 Å². The first-order valence-electron chi connectivity index (χ1n) is 10.5. The summed E-state index contributed by atoms with van der Waals surface area (Å²) in [5.41, 5.74) is 2.35. The van der Waals surface area contributed by atoms with Crippen LogP contribution >= 0.6 is 0 Å². The predicted molar refractivity (Wildman–Crippen MR) is 118 cm³/mol. The minimum absolute atomic E-state index is 0.00768. The molecular formula is C22H24N6O3. The number of urea groups is 1. The van der Waals surface area contributed by atoms with Crippen LogP contribution in [-0.2, 0) is 4.79 Å². The molecule has 3 aliphatic rings. The number of nitrogens with one attached hydrogen (secondary N) is 2. The summed E-state index contributed by atoms with van der Waals surface area (Å²) in [5, 5.41) is 5.90. The Morgan fingerprint density at radius 1 is 1.23 bits per heavy atom. The molecule has 2 aromatic rings. The number of benzene rings is 1. The number of hydrogen-bond acceptors (Lipinski definition) is 5. The van der Waals surface area contributed by atoms with Gasteiger partial charge in [0.1, 0.15) is 5.82 Å². The molecule has 2 N–H and O–H groups in total. The Balaban J connectivity index is 1.35. The fraction of sp³-hybridized carbons (Fsp3) is 0.364. The number of hydrogen-bond donors (Lipinski definition) is 2. The number of nitrogens with zero attached hydrogens (tertiary/aromatic N) is 4. The lowest BCUT2D eigenvalue weighted by molar-refractivity contribution is -0.117. The van der Waals surface area contributed by atoms with E-state index in [1.807, 2.05) is 12.1 Å². The van der Waals surface area contributed by atoms with Gasteiger partial charge in [-0.15, -0.1) is 0 Å². The van der Waals surface area contributed by atoms with E-state index in [0.717, 1.165) is 18.5 Å². The Hall–Kier alpha value is -3.62. The van der Waals surface area contributed by atoms with Gasteiger partial charge in [-0.1, -0.05) is 6.07 Å². The number of aromatic nitrogens is 1. The average molecular weight is 420 g/mol. The smallest absolute Gasteiger partial charge is 0.324 e. The van der Waals surface area contributed by atoms with Gasteiger partial charge >= 0.3 is 6.03 Å². The first kappa shape index (κ1) is 19.3. The number of pyridine rings is 1. The SMILES string of the molecule is CN1CCN(c2cccc(NC(=O)c3cnc4c(c3)N(CC3CC3)C(=O)CN4)c2)C1=O. The molecule has 1 saturated carbocycles. The summed E-state index contributed by atoms with van der Waals surface area (Å²) in [6.07, 6.45) is 3.77. The minimum atomic E-state index is -0.318. The van der Waals surface area contributed by atoms with Gasteiger partial charge < -0.3 is 20.4 Å². The molecule has 1 aliphatic carbocycles. The molecule has 2 fully saturated rings. The van der Waals surface area contributed by atoms with E-state index in [9.17, 15) is 14.4 Å². The molecule has 31 heavy (non-hydrogen) atoms. The van der Waals surface area contributed by atoms with Crippen molar-refractivity contribution >= 4 is 40.7 Å². The van der Waals surface area contributed by atoms with E-state index in [0.29, 0.717) is 48.3 Å². The Morgan fingerprint density at radius 2 is 2.06 bits per heavy atom. The highest BCUT2D eigenvalue weighted by molar-refractivity contribution is 6.08. The van der Waals surface area contributed by atoms with E-state index in [1.54, 1.807) is 39.9 Å². The maximum absolute atomic E-state index is 12.9. The molecule has 0 unspecified atom stereocenters. The maximum atomic E-state index is 12.9. The molecule has 1 saturated heterocycles. The van der Waals surface area contributed by atoms with Crippen LogP contribution in [0.2, 0.25) is 0 Å². The first-order valence-corrected chi connectivity index (χ1v) is 10.5. The lowest BCUT2D eigenvalue weighted by Gasteiger charge is -2.29. The summed E-state index contributed by atoms with van der Waals surface area (Å²) >= 11 is 0. The average Bonchev–Trinajstić information content (AvgIpc) is 3.53. The Labute approximate surface area is 180 Å². The molecule has 0 bridgehead atoms. The Bertz CT molecular complexity index is 1070. The number of amides is 4. The highest BCUT2D eigenvalue weighted by Crippen LogP contribution is 2.35. The van der Waals surface area contributed by atoms with Gasteiger partial charge in [-0.05, 0) is 43.0 Å². The second-order valence-corrected chi connectivity index (χ2v) is 8.25. The fourth-order valence-electron chi connectivity index (χ4n) is 3.91. The van der Waals surface area contributed by atoms with Crippen molar-refractivity contribution in [2.75, 3.05) is 53.7 Å². The number of rotatable bonds is 5. The van der Waals surface area contributed by atoms with Crippen LogP contribution in [0.5, 0.6) is 0 Å². The second-order valence-electron chi connectivity index (χ2n) is 8.25. The van der Waals surface area contributed by atoms with Crippen molar-refractivity contribution < 1.29 is 14.4 Å². The summed E-state index contributed by atoms with van der Waals surface area (Å²) in [6, 6.07) is 8.87. The lowest BCUT2D eigenvalue weighted by Crippen LogP contribution is -2.41. The quantitative estimate of drug-likeness (QED) is 0.774. The zero-order valence-electron chi connectivity index (χ0n) is 17.3. The van der Waals surface area contributed by atoms with E-state index in [2.05, 4.69) is 15.6 Å². The Kier molecular flexibility index (Phi) is 4.72. The largest absolute Gasteiger partial charge is 0.359 e. The highest BCUT2D eigenvalue weighted by atomic mass is 16.2. The predicted octanol–water partition coefficient (Wildman–Crippen LogP) is 2.37. The van der Waals surface area contributed by atoms with E-state index < -0.39 is 0 Å². The van der Waals surface area contributed by atoms with Gasteiger partial charge in [-0.2, -0.15) is 0 Å². The zero-order chi connectivity index (χ0) is 21.5. The molecule has 0 atom stereocenters. The molecule has 1 aromatic carbocycles. The van der Waals surface area contributed by atoms with Crippen molar-refractivity contribution in [1.82, 2.24) is 9.88 Å². The van der Waals surface area contributed by atoms with Crippen molar-refractivity contribution in [2.24, 2.45) is 5.92 Å². The van der Waals surface area contributed by atoms with E-state index in [-0.39, 0.29) is 24.4 Å². The van der Waals surface area contributed by atoms with Crippen LogP contribution in [0, 0.1) is 5.92 Å². The van der Waals surface area contributed by atoms with Crippen LogP contribution in [-0.4, -0.2) is 61.0 Å². The van der Waals surface area contributed by atoms with E-state index in [4.69, 9.17) is 0 Å². The summed E-state index contributed by atoms with van der Waals surface area (Å²) in [7, 11) is 1.77. The molecule has 9 nitrogen and oxygen atoms in total. The van der Waals surface area contributed by atoms with Crippen molar-refractivity contribution in [3.8, 4) is 0 Å². The molecule has 3 heterocycles. The lowest BCUT2D eigenvalue weighted by atomic mass is 10.1. The summed E-state index contributed by atoms with van der Waals surface area (Å²) in [5.74, 6) is 0.825. The molecule has 160 valence electrons. The summed E-state index contributed by atoms with van der Waals surface area (Å²) in [4.78, 5) is 47.0. The molecular weight excluding hydrogens is 396 g/mol. The van der Waals surface area contributed by atoms with Crippen LogP contribution in [0.15, 0.2) is 36.5 Å². The van der Waals surface area contributed by atoms with Gasteiger partial charge in [0.2, 0.25) is 5.91 Å². The normalized spacial score (nSPS) is 18.2. The fourth-order valence-corrected chi connectivity index (χ4v) is 3.91. The van der Waals surface area contributed by atoms with Gasteiger partial charge in [-0.3, -0.25) is 14.5 Å². The third-order valence-electron chi connectivity index (χ3n) is 5.90. The van der Waals surface area contributed by atoms with Gasteiger partial charge in [0, 0.05) is 44.3 Å². The number of carbonyl (C=O) groups excluding carboxylic acids is 3. The highest BCUT2D eigenvalue weighted by Gasteiger charge is 2.32. The second kappa shape index (κ2) is 7.57. The third kappa shape index (κ3) is 3.78. The monoisotopic (exact) mass is 420 g/mol. The molecule has 1 aromatic heterocycles. The van der Waals surface area contributed by atoms with E-state index in [1.165, 1.54) is 6.20 Å².